The summed E-state index contributed by atoms with van der Waals surface area (Å²) < 4.78 is 6.08. The molecule has 1 aromatic carbocycles. The zero-order valence-corrected chi connectivity index (χ0v) is 14.7. The predicted octanol–water partition coefficient (Wildman–Crippen LogP) is 3.88. The number of ether oxygens (including phenoxy) is 1. The van der Waals surface area contributed by atoms with Gasteiger partial charge in [0.2, 0.25) is 0 Å². The van der Waals surface area contributed by atoms with Crippen LogP contribution in [0.4, 0.5) is 0 Å². The number of ketones is 1. The molecule has 3 nitrogen and oxygen atoms in total. The molecule has 0 aromatic heterocycles. The summed E-state index contributed by atoms with van der Waals surface area (Å²) in [6, 6.07) is 4.67. The van der Waals surface area contributed by atoms with Gasteiger partial charge in [0.25, 0.3) is 0 Å². The maximum Gasteiger partial charge on any atom is 0.163 e. The van der Waals surface area contributed by atoms with Gasteiger partial charge in [-0.3, -0.25) is 9.69 Å². The summed E-state index contributed by atoms with van der Waals surface area (Å²) in [4.78, 5) is 14.6. The van der Waals surface area contributed by atoms with Gasteiger partial charge in [-0.1, -0.05) is 20.8 Å². The largest absolute Gasteiger partial charge is 0.492 e. The number of aryl methyl sites for hydroxylation is 1. The van der Waals surface area contributed by atoms with Crippen molar-refractivity contribution < 1.29 is 9.53 Å². The fourth-order valence-corrected chi connectivity index (χ4v) is 3.73. The van der Waals surface area contributed by atoms with Crippen molar-refractivity contribution in [2.75, 3.05) is 19.7 Å². The number of Topliss-reactive ketones (excluding diaryl/α,β-unsaturated/α-hetero) is 1. The number of hydrogen-bond donors (Lipinski definition) is 0. The Labute approximate surface area is 140 Å². The zero-order valence-electron chi connectivity index (χ0n) is 14.7. The molecule has 1 unspecified atom stereocenters. The fourth-order valence-electron chi connectivity index (χ4n) is 3.73. The predicted molar refractivity (Wildman–Crippen MR) is 93.4 cm³/mol. The van der Waals surface area contributed by atoms with Crippen LogP contribution in [0.5, 0.6) is 5.75 Å². The second-order valence-corrected chi connectivity index (χ2v) is 7.43. The molecule has 1 aliphatic carbocycles. The van der Waals surface area contributed by atoms with E-state index in [1.54, 1.807) is 0 Å². The lowest BCUT2D eigenvalue weighted by molar-refractivity contribution is 0.0993. The van der Waals surface area contributed by atoms with Gasteiger partial charge in [0, 0.05) is 18.0 Å². The Bertz CT molecular complexity index is 579. The van der Waals surface area contributed by atoms with Crippen LogP contribution in [0.3, 0.4) is 0 Å². The van der Waals surface area contributed by atoms with Crippen LogP contribution in [-0.2, 0) is 12.8 Å². The highest BCUT2D eigenvalue weighted by molar-refractivity contribution is 6.00. The van der Waals surface area contributed by atoms with Gasteiger partial charge >= 0.3 is 0 Å². The smallest absolute Gasteiger partial charge is 0.163 e. The van der Waals surface area contributed by atoms with Crippen molar-refractivity contribution in [3.8, 4) is 5.75 Å². The maximum absolute atomic E-state index is 12.0. The number of carbonyl (C=O) groups excluding carboxylic acids is 1. The summed E-state index contributed by atoms with van der Waals surface area (Å²) in [7, 11) is 0. The summed E-state index contributed by atoms with van der Waals surface area (Å²) in [6.07, 6.45) is 4.95. The zero-order chi connectivity index (χ0) is 16.4. The first-order valence-electron chi connectivity index (χ1n) is 9.14. The molecule has 126 valence electrons. The topological polar surface area (TPSA) is 29.5 Å². The van der Waals surface area contributed by atoms with E-state index < -0.39 is 0 Å². The summed E-state index contributed by atoms with van der Waals surface area (Å²) in [5, 5.41) is 0. The third-order valence-electron chi connectivity index (χ3n) is 5.12. The summed E-state index contributed by atoms with van der Waals surface area (Å²) in [6.45, 7) is 9.85. The Morgan fingerprint density at radius 1 is 1.22 bits per heavy atom. The first-order chi connectivity index (χ1) is 11.1. The molecule has 0 spiro atoms. The van der Waals surface area contributed by atoms with Crippen molar-refractivity contribution in [2.45, 2.75) is 58.9 Å². The van der Waals surface area contributed by atoms with Crippen molar-refractivity contribution in [1.82, 2.24) is 4.90 Å². The highest BCUT2D eigenvalue weighted by Crippen LogP contribution is 2.33. The molecular weight excluding hydrogens is 286 g/mol. The minimum Gasteiger partial charge on any atom is -0.492 e. The first-order valence-corrected chi connectivity index (χ1v) is 9.14. The van der Waals surface area contributed by atoms with Crippen LogP contribution in [0.25, 0.3) is 0 Å². The molecule has 1 aliphatic heterocycles. The first kappa shape index (κ1) is 16.5. The van der Waals surface area contributed by atoms with E-state index in [1.807, 2.05) is 0 Å². The monoisotopic (exact) mass is 315 g/mol. The molecule has 1 heterocycles. The molecule has 0 amide bonds. The SMILES string of the molecule is CCCN(CCC(C)C)C1COc2cc3c(cc2C1)C(=O)CC3. The number of hydrogen-bond acceptors (Lipinski definition) is 3. The van der Waals surface area contributed by atoms with Gasteiger partial charge in [0.1, 0.15) is 12.4 Å². The Morgan fingerprint density at radius 2 is 2.04 bits per heavy atom. The normalized spacial score (nSPS) is 19.9. The van der Waals surface area contributed by atoms with Crippen molar-refractivity contribution in [2.24, 2.45) is 5.92 Å². The molecule has 3 rings (SSSR count). The molecule has 1 atom stereocenters. The lowest BCUT2D eigenvalue weighted by atomic mass is 9.96. The maximum atomic E-state index is 12.0. The number of fused-ring (bicyclic) bond motifs is 2. The van der Waals surface area contributed by atoms with Crippen LogP contribution in [0, 0.1) is 5.92 Å². The number of nitrogens with zero attached hydrogens (tertiary/aromatic N) is 1. The summed E-state index contributed by atoms with van der Waals surface area (Å²) >= 11 is 0. The molecule has 23 heavy (non-hydrogen) atoms. The molecule has 2 aliphatic rings. The summed E-state index contributed by atoms with van der Waals surface area (Å²) in [5.41, 5.74) is 3.34. The van der Waals surface area contributed by atoms with Crippen LogP contribution >= 0.6 is 0 Å². The molecular formula is C20H29NO2. The third kappa shape index (κ3) is 3.60. The second-order valence-electron chi connectivity index (χ2n) is 7.43. The van der Waals surface area contributed by atoms with E-state index in [0.29, 0.717) is 18.2 Å². The van der Waals surface area contributed by atoms with Gasteiger partial charge in [-0.2, -0.15) is 0 Å². The van der Waals surface area contributed by atoms with Crippen LogP contribution in [-0.4, -0.2) is 36.4 Å². The third-order valence-corrected chi connectivity index (χ3v) is 5.12. The van der Waals surface area contributed by atoms with Gasteiger partial charge in [-0.25, -0.2) is 0 Å². The van der Waals surface area contributed by atoms with E-state index in [1.165, 1.54) is 24.0 Å². The Balaban J connectivity index is 1.75. The van der Waals surface area contributed by atoms with Crippen LogP contribution in [0.1, 0.15) is 61.5 Å². The van der Waals surface area contributed by atoms with E-state index in [9.17, 15) is 4.79 Å². The molecule has 0 N–H and O–H groups in total. The van der Waals surface area contributed by atoms with E-state index in [4.69, 9.17) is 4.74 Å². The molecule has 0 fully saturated rings. The lowest BCUT2D eigenvalue weighted by Crippen LogP contribution is -2.44. The summed E-state index contributed by atoms with van der Waals surface area (Å²) in [5.74, 6) is 2.04. The Morgan fingerprint density at radius 3 is 2.78 bits per heavy atom. The molecule has 3 heteroatoms. The van der Waals surface area contributed by atoms with Gasteiger partial charge in [0.15, 0.2) is 5.78 Å². The molecule has 0 saturated carbocycles. The van der Waals surface area contributed by atoms with E-state index in [0.717, 1.165) is 49.8 Å². The average molecular weight is 315 g/mol. The number of rotatable bonds is 6. The standard InChI is InChI=1S/C20H29NO2/c1-4-8-21(9-7-14(2)3)17-10-16-11-18-15(5-6-19(18)22)12-20(16)23-13-17/h11-12,14,17H,4-10,13H2,1-3H3. The van der Waals surface area contributed by atoms with Crippen LogP contribution < -0.4 is 4.74 Å². The minimum absolute atomic E-state index is 0.301. The van der Waals surface area contributed by atoms with Gasteiger partial charge in [-0.05, 0) is 68.0 Å². The average Bonchev–Trinajstić information content (AvgIpc) is 2.89. The van der Waals surface area contributed by atoms with E-state index >= 15 is 0 Å². The van der Waals surface area contributed by atoms with E-state index in [2.05, 4.69) is 37.8 Å². The van der Waals surface area contributed by atoms with Gasteiger partial charge in [0.05, 0.1) is 0 Å². The number of carbonyl (C=O) groups is 1. The Hall–Kier alpha value is -1.35. The van der Waals surface area contributed by atoms with Crippen molar-refractivity contribution in [3.63, 3.8) is 0 Å². The quantitative estimate of drug-likeness (QED) is 0.798. The van der Waals surface area contributed by atoms with Gasteiger partial charge in [-0.15, -0.1) is 0 Å². The molecule has 0 saturated heterocycles. The molecule has 1 aromatic rings. The highest BCUT2D eigenvalue weighted by Gasteiger charge is 2.28. The minimum atomic E-state index is 0.301. The van der Waals surface area contributed by atoms with Crippen LogP contribution in [0.15, 0.2) is 12.1 Å². The van der Waals surface area contributed by atoms with Crippen LogP contribution in [0.2, 0.25) is 0 Å². The highest BCUT2D eigenvalue weighted by atomic mass is 16.5. The molecule has 0 bridgehead atoms. The number of benzene rings is 1. The van der Waals surface area contributed by atoms with Crippen molar-refractivity contribution in [3.05, 3.63) is 28.8 Å². The van der Waals surface area contributed by atoms with E-state index in [-0.39, 0.29) is 0 Å². The van der Waals surface area contributed by atoms with Crippen molar-refractivity contribution in [1.29, 1.82) is 0 Å². The fraction of sp³-hybridized carbons (Fsp3) is 0.650. The second kappa shape index (κ2) is 7.04. The Kier molecular flexibility index (Phi) is 5.05. The lowest BCUT2D eigenvalue weighted by Gasteiger charge is -2.35. The van der Waals surface area contributed by atoms with Crippen molar-refractivity contribution >= 4 is 5.78 Å². The molecule has 0 radical (unpaired) electrons. The van der Waals surface area contributed by atoms with Gasteiger partial charge < -0.3 is 4.74 Å².